The molecule has 2 N–H and O–H groups in total. The molecule has 1 atom stereocenters. The van der Waals surface area contributed by atoms with E-state index in [0.29, 0.717) is 25.1 Å². The van der Waals surface area contributed by atoms with Gasteiger partial charge < -0.3 is 25.3 Å². The van der Waals surface area contributed by atoms with Gasteiger partial charge in [0.15, 0.2) is 0 Å². The highest BCUT2D eigenvalue weighted by atomic mass is 32.2. The van der Waals surface area contributed by atoms with E-state index in [4.69, 9.17) is 4.74 Å². The number of carbonyl (C=O) groups excluding carboxylic acids is 2. The molecule has 0 saturated carbocycles. The molecule has 1 aromatic carbocycles. The number of nitrogens with one attached hydrogen (secondary N) is 2. The first-order valence-electron chi connectivity index (χ1n) is 6.94. The number of carbonyl (C=O) groups is 2. The maximum atomic E-state index is 11.7. The highest BCUT2D eigenvalue weighted by Gasteiger charge is 2.12. The smallest absolute Gasteiger partial charge is 0.315 e. The minimum Gasteiger partial charge on any atom is -0.548 e. The van der Waals surface area contributed by atoms with Gasteiger partial charge in [0, 0.05) is 6.54 Å². The topological polar surface area (TPSA) is 90.5 Å². The van der Waals surface area contributed by atoms with Crippen LogP contribution >= 0.6 is 11.8 Å². The van der Waals surface area contributed by atoms with Crippen molar-refractivity contribution in [3.05, 3.63) is 29.8 Å². The van der Waals surface area contributed by atoms with E-state index < -0.39 is 18.0 Å². The normalized spacial score (nSPS) is 11.5. The first-order valence-corrected chi connectivity index (χ1v) is 8.33. The number of hydrogen-bond acceptors (Lipinski definition) is 5. The van der Waals surface area contributed by atoms with Crippen LogP contribution in [0.15, 0.2) is 24.3 Å². The maximum Gasteiger partial charge on any atom is 0.315 e. The molecule has 0 aliphatic heterocycles. The van der Waals surface area contributed by atoms with E-state index in [1.807, 2.05) is 30.5 Å². The molecule has 0 fully saturated rings. The van der Waals surface area contributed by atoms with Crippen LogP contribution in [-0.2, 0) is 11.2 Å². The lowest BCUT2D eigenvalue weighted by atomic mass is 10.1. The Morgan fingerprint density at radius 2 is 2.00 bits per heavy atom. The molecule has 0 saturated heterocycles. The number of rotatable bonds is 9. The molecule has 2 amide bonds. The summed E-state index contributed by atoms with van der Waals surface area (Å²) in [5.41, 5.74) is 1.06. The number of carboxylic acids is 1. The molecule has 0 bridgehead atoms. The number of aliphatic carboxylic acids is 1. The van der Waals surface area contributed by atoms with Crippen molar-refractivity contribution in [3.8, 4) is 5.75 Å². The lowest BCUT2D eigenvalue weighted by Crippen LogP contribution is -2.51. The largest absolute Gasteiger partial charge is 0.548 e. The fraction of sp³-hybridized carbons (Fsp3) is 0.467. The molecular formula is C15H21N2O4S-. The van der Waals surface area contributed by atoms with Crippen LogP contribution in [0.4, 0.5) is 4.79 Å². The molecule has 7 heteroatoms. The van der Waals surface area contributed by atoms with Crippen molar-refractivity contribution in [2.75, 3.05) is 25.7 Å². The molecule has 0 radical (unpaired) electrons. The average molecular weight is 325 g/mol. The van der Waals surface area contributed by atoms with Crippen molar-refractivity contribution >= 4 is 23.8 Å². The van der Waals surface area contributed by atoms with Gasteiger partial charge in [-0.2, -0.15) is 11.8 Å². The van der Waals surface area contributed by atoms with E-state index in [2.05, 4.69) is 10.6 Å². The number of methoxy groups -OCH3 is 1. The van der Waals surface area contributed by atoms with E-state index in [1.165, 1.54) is 11.8 Å². The number of urea groups is 1. The van der Waals surface area contributed by atoms with E-state index in [9.17, 15) is 14.7 Å². The Labute approximate surface area is 134 Å². The van der Waals surface area contributed by atoms with Gasteiger partial charge in [-0.3, -0.25) is 0 Å². The number of benzene rings is 1. The van der Waals surface area contributed by atoms with Gasteiger partial charge in [0.05, 0.1) is 19.1 Å². The summed E-state index contributed by atoms with van der Waals surface area (Å²) in [5.74, 6) is 0.157. The lowest BCUT2D eigenvalue weighted by Gasteiger charge is -2.19. The highest BCUT2D eigenvalue weighted by molar-refractivity contribution is 7.98. The molecule has 0 aromatic heterocycles. The number of ether oxygens (including phenoxy) is 1. The van der Waals surface area contributed by atoms with Crippen LogP contribution in [0.2, 0.25) is 0 Å². The summed E-state index contributed by atoms with van der Waals surface area (Å²) in [6, 6.07) is 6.08. The van der Waals surface area contributed by atoms with Gasteiger partial charge in [0.25, 0.3) is 0 Å². The highest BCUT2D eigenvalue weighted by Crippen LogP contribution is 2.11. The molecule has 1 rings (SSSR count). The summed E-state index contributed by atoms with van der Waals surface area (Å²) < 4.78 is 5.07. The van der Waals surface area contributed by atoms with Crippen molar-refractivity contribution in [1.82, 2.24) is 10.6 Å². The number of thioether (sulfide) groups is 1. The lowest BCUT2D eigenvalue weighted by molar-refractivity contribution is -0.308. The molecule has 22 heavy (non-hydrogen) atoms. The molecular weight excluding hydrogens is 304 g/mol. The van der Waals surface area contributed by atoms with Crippen LogP contribution < -0.4 is 20.5 Å². The standard InChI is InChI=1S/C15H22N2O4S/c1-21-12-5-3-11(4-6-12)7-9-16-15(20)17-13(14(18)19)8-10-22-2/h3-6,13H,7-10H2,1-2H3,(H,18,19)(H2,16,17,20)/p-1/t13-/m0/s1. The van der Waals surface area contributed by atoms with Crippen molar-refractivity contribution in [3.63, 3.8) is 0 Å². The van der Waals surface area contributed by atoms with Gasteiger partial charge >= 0.3 is 6.03 Å². The zero-order valence-corrected chi connectivity index (χ0v) is 13.6. The fourth-order valence-electron chi connectivity index (χ4n) is 1.81. The first kappa shape index (κ1) is 18.2. The van der Waals surface area contributed by atoms with E-state index in [1.54, 1.807) is 7.11 Å². The van der Waals surface area contributed by atoms with Crippen LogP contribution in [0.25, 0.3) is 0 Å². The van der Waals surface area contributed by atoms with E-state index in [0.717, 1.165) is 11.3 Å². The summed E-state index contributed by atoms with van der Waals surface area (Å²) in [6.07, 6.45) is 2.87. The molecule has 122 valence electrons. The minimum absolute atomic E-state index is 0.343. The Bertz CT molecular complexity index is 479. The fourth-order valence-corrected chi connectivity index (χ4v) is 2.28. The second-order valence-corrected chi connectivity index (χ2v) is 5.64. The predicted molar refractivity (Wildman–Crippen MR) is 85.0 cm³/mol. The van der Waals surface area contributed by atoms with Crippen molar-refractivity contribution < 1.29 is 19.4 Å². The summed E-state index contributed by atoms with van der Waals surface area (Å²) in [5, 5.41) is 16.0. The SMILES string of the molecule is COc1ccc(CCNC(=O)N[C@@H](CCSC)C(=O)[O-])cc1. The van der Waals surface area contributed by atoms with Gasteiger partial charge in [0.2, 0.25) is 0 Å². The van der Waals surface area contributed by atoms with E-state index >= 15 is 0 Å². The van der Waals surface area contributed by atoms with Gasteiger partial charge in [-0.25, -0.2) is 4.79 Å². The Morgan fingerprint density at radius 1 is 1.32 bits per heavy atom. The van der Waals surface area contributed by atoms with Crippen LogP contribution in [0.5, 0.6) is 5.75 Å². The number of carboxylic acid groups (broad SMARTS) is 1. The monoisotopic (exact) mass is 325 g/mol. The van der Waals surface area contributed by atoms with Crippen molar-refractivity contribution in [2.45, 2.75) is 18.9 Å². The molecule has 0 spiro atoms. The van der Waals surface area contributed by atoms with Gasteiger partial charge in [-0.1, -0.05) is 12.1 Å². The minimum atomic E-state index is -1.26. The first-order chi connectivity index (χ1) is 10.6. The quantitative estimate of drug-likeness (QED) is 0.686. The predicted octanol–water partition coefficient (Wildman–Crippen LogP) is 0.408. The van der Waals surface area contributed by atoms with Crippen LogP contribution in [-0.4, -0.2) is 43.7 Å². The second kappa shape index (κ2) is 9.94. The molecule has 6 nitrogen and oxygen atoms in total. The van der Waals surface area contributed by atoms with Gasteiger partial charge in [-0.05, 0) is 42.5 Å². The van der Waals surface area contributed by atoms with Gasteiger partial charge in [-0.15, -0.1) is 0 Å². The zero-order valence-electron chi connectivity index (χ0n) is 12.8. The van der Waals surface area contributed by atoms with Crippen LogP contribution in [0.1, 0.15) is 12.0 Å². The third-order valence-electron chi connectivity index (χ3n) is 3.06. The Morgan fingerprint density at radius 3 is 2.55 bits per heavy atom. The van der Waals surface area contributed by atoms with Crippen LogP contribution in [0, 0.1) is 0 Å². The van der Waals surface area contributed by atoms with Crippen LogP contribution in [0.3, 0.4) is 0 Å². The second-order valence-electron chi connectivity index (χ2n) is 4.65. The van der Waals surface area contributed by atoms with E-state index in [-0.39, 0.29) is 0 Å². The Hall–Kier alpha value is -1.89. The Balaban J connectivity index is 2.33. The van der Waals surface area contributed by atoms with Crippen molar-refractivity contribution in [1.29, 1.82) is 0 Å². The molecule has 0 aliphatic carbocycles. The number of amides is 2. The third-order valence-corrected chi connectivity index (χ3v) is 3.70. The Kier molecular flexibility index (Phi) is 8.21. The number of hydrogen-bond donors (Lipinski definition) is 2. The molecule has 0 aliphatic rings. The third kappa shape index (κ3) is 6.71. The zero-order chi connectivity index (χ0) is 16.4. The summed E-state index contributed by atoms with van der Waals surface area (Å²) in [6.45, 7) is 0.417. The molecule has 0 unspecified atom stereocenters. The molecule has 0 heterocycles. The molecule has 1 aromatic rings. The average Bonchev–Trinajstić information content (AvgIpc) is 2.51. The maximum absolute atomic E-state index is 11.7. The summed E-state index contributed by atoms with van der Waals surface area (Å²) >= 11 is 1.52. The summed E-state index contributed by atoms with van der Waals surface area (Å²) in [4.78, 5) is 22.6. The van der Waals surface area contributed by atoms with Crippen molar-refractivity contribution in [2.24, 2.45) is 0 Å². The summed E-state index contributed by atoms with van der Waals surface area (Å²) in [7, 11) is 1.60. The van der Waals surface area contributed by atoms with Gasteiger partial charge in [0.1, 0.15) is 5.75 Å².